The Kier molecular flexibility index (Phi) is 4.93. The van der Waals surface area contributed by atoms with Crippen molar-refractivity contribution in [3.8, 4) is 0 Å². The van der Waals surface area contributed by atoms with E-state index in [1.807, 2.05) is 6.92 Å². The van der Waals surface area contributed by atoms with Crippen LogP contribution in [0, 0.1) is 11.8 Å². The third-order valence-electron chi connectivity index (χ3n) is 3.24. The molecule has 1 N–H and O–H groups in total. The SMILES string of the molecule is CCC(C)C(=O)NC1CCCC1CBr. The monoisotopic (exact) mass is 261 g/mol. The summed E-state index contributed by atoms with van der Waals surface area (Å²) in [5, 5.41) is 4.17. The summed E-state index contributed by atoms with van der Waals surface area (Å²) in [6.45, 7) is 4.05. The van der Waals surface area contributed by atoms with Gasteiger partial charge in [-0.2, -0.15) is 0 Å². The van der Waals surface area contributed by atoms with E-state index in [4.69, 9.17) is 0 Å². The van der Waals surface area contributed by atoms with Crippen molar-refractivity contribution in [3.05, 3.63) is 0 Å². The zero-order valence-corrected chi connectivity index (χ0v) is 10.6. The summed E-state index contributed by atoms with van der Waals surface area (Å²) < 4.78 is 0. The van der Waals surface area contributed by atoms with E-state index in [0.717, 1.165) is 18.2 Å². The van der Waals surface area contributed by atoms with E-state index in [0.29, 0.717) is 12.0 Å². The van der Waals surface area contributed by atoms with Crippen LogP contribution < -0.4 is 5.32 Å². The zero-order chi connectivity index (χ0) is 10.6. The van der Waals surface area contributed by atoms with Crippen molar-refractivity contribution in [2.24, 2.45) is 11.8 Å². The zero-order valence-electron chi connectivity index (χ0n) is 9.05. The van der Waals surface area contributed by atoms with Crippen molar-refractivity contribution in [2.45, 2.75) is 45.6 Å². The van der Waals surface area contributed by atoms with E-state index >= 15 is 0 Å². The maximum Gasteiger partial charge on any atom is 0.223 e. The van der Waals surface area contributed by atoms with Crippen molar-refractivity contribution in [1.82, 2.24) is 5.32 Å². The van der Waals surface area contributed by atoms with Gasteiger partial charge < -0.3 is 5.32 Å². The van der Waals surface area contributed by atoms with Gasteiger partial charge in [0.2, 0.25) is 5.91 Å². The van der Waals surface area contributed by atoms with Crippen LogP contribution in [-0.4, -0.2) is 17.3 Å². The lowest BCUT2D eigenvalue weighted by atomic mass is 10.0. The first-order chi connectivity index (χ1) is 6.69. The molecule has 0 aromatic carbocycles. The predicted molar refractivity (Wildman–Crippen MR) is 62.5 cm³/mol. The molecule has 1 rings (SSSR count). The Morgan fingerprint density at radius 1 is 1.57 bits per heavy atom. The molecule has 1 fully saturated rings. The average Bonchev–Trinajstić information content (AvgIpc) is 2.63. The maximum atomic E-state index is 11.7. The van der Waals surface area contributed by atoms with E-state index in [1.165, 1.54) is 12.8 Å². The fourth-order valence-corrected chi connectivity index (χ4v) is 2.70. The van der Waals surface area contributed by atoms with E-state index in [9.17, 15) is 4.79 Å². The van der Waals surface area contributed by atoms with Gasteiger partial charge in [-0.15, -0.1) is 0 Å². The summed E-state index contributed by atoms with van der Waals surface area (Å²) in [5.41, 5.74) is 0. The number of amides is 1. The molecule has 0 aromatic rings. The molecule has 3 heteroatoms. The third-order valence-corrected chi connectivity index (χ3v) is 4.08. The van der Waals surface area contributed by atoms with Crippen LogP contribution in [-0.2, 0) is 4.79 Å². The molecule has 0 aliphatic heterocycles. The summed E-state index contributed by atoms with van der Waals surface area (Å²) in [7, 11) is 0. The molecule has 1 saturated carbocycles. The van der Waals surface area contributed by atoms with Crippen molar-refractivity contribution in [2.75, 3.05) is 5.33 Å². The minimum absolute atomic E-state index is 0.159. The molecule has 1 amide bonds. The van der Waals surface area contributed by atoms with Crippen LogP contribution in [0.3, 0.4) is 0 Å². The highest BCUT2D eigenvalue weighted by atomic mass is 79.9. The summed E-state index contributed by atoms with van der Waals surface area (Å²) in [4.78, 5) is 11.7. The van der Waals surface area contributed by atoms with Gasteiger partial charge in [-0.3, -0.25) is 4.79 Å². The average molecular weight is 262 g/mol. The molecule has 82 valence electrons. The lowest BCUT2D eigenvalue weighted by Gasteiger charge is -2.20. The van der Waals surface area contributed by atoms with Crippen molar-refractivity contribution >= 4 is 21.8 Å². The second kappa shape index (κ2) is 5.74. The molecule has 14 heavy (non-hydrogen) atoms. The fourth-order valence-electron chi connectivity index (χ4n) is 1.92. The molecule has 0 aromatic heterocycles. The number of hydrogen-bond donors (Lipinski definition) is 1. The first-order valence-corrected chi connectivity index (χ1v) is 6.67. The predicted octanol–water partition coefficient (Wildman–Crippen LogP) is 2.71. The summed E-state index contributed by atoms with van der Waals surface area (Å²) in [6.07, 6.45) is 4.58. The second-order valence-electron chi connectivity index (χ2n) is 4.27. The first-order valence-electron chi connectivity index (χ1n) is 5.55. The van der Waals surface area contributed by atoms with Crippen LogP contribution in [0.5, 0.6) is 0 Å². The van der Waals surface area contributed by atoms with Gasteiger partial charge in [0.1, 0.15) is 0 Å². The highest BCUT2D eigenvalue weighted by Gasteiger charge is 2.28. The van der Waals surface area contributed by atoms with Crippen molar-refractivity contribution in [1.29, 1.82) is 0 Å². The van der Waals surface area contributed by atoms with Crippen molar-refractivity contribution in [3.63, 3.8) is 0 Å². The normalized spacial score (nSPS) is 28.8. The van der Waals surface area contributed by atoms with Gasteiger partial charge in [-0.25, -0.2) is 0 Å². The van der Waals surface area contributed by atoms with Crippen LogP contribution in [0.4, 0.5) is 0 Å². The van der Waals surface area contributed by atoms with Crippen LogP contribution in [0.1, 0.15) is 39.5 Å². The summed E-state index contributed by atoms with van der Waals surface area (Å²) in [6, 6.07) is 0.413. The van der Waals surface area contributed by atoms with Crippen LogP contribution in [0.2, 0.25) is 0 Å². The molecule has 2 nitrogen and oxygen atoms in total. The minimum Gasteiger partial charge on any atom is -0.353 e. The largest absolute Gasteiger partial charge is 0.353 e. The van der Waals surface area contributed by atoms with E-state index in [-0.39, 0.29) is 11.8 Å². The van der Waals surface area contributed by atoms with Crippen molar-refractivity contribution < 1.29 is 4.79 Å². The molecule has 1 aliphatic rings. The van der Waals surface area contributed by atoms with Crippen LogP contribution in [0.25, 0.3) is 0 Å². The van der Waals surface area contributed by atoms with Gasteiger partial charge in [-0.05, 0) is 25.2 Å². The Hall–Kier alpha value is -0.0500. The van der Waals surface area contributed by atoms with Gasteiger partial charge >= 0.3 is 0 Å². The Morgan fingerprint density at radius 3 is 2.86 bits per heavy atom. The Bertz CT molecular complexity index is 196. The van der Waals surface area contributed by atoms with E-state index in [1.54, 1.807) is 0 Å². The molecule has 3 atom stereocenters. The first kappa shape index (κ1) is 12.0. The number of carbonyl (C=O) groups excluding carboxylic acids is 1. The summed E-state index contributed by atoms with van der Waals surface area (Å²) in [5.74, 6) is 1.03. The third kappa shape index (κ3) is 2.97. The number of alkyl halides is 1. The molecule has 0 radical (unpaired) electrons. The van der Waals surface area contributed by atoms with Gasteiger partial charge in [0.25, 0.3) is 0 Å². The van der Waals surface area contributed by atoms with Gasteiger partial charge in [0, 0.05) is 17.3 Å². The van der Waals surface area contributed by atoms with E-state index in [2.05, 4.69) is 28.2 Å². The Balaban J connectivity index is 2.39. The number of hydrogen-bond acceptors (Lipinski definition) is 1. The lowest BCUT2D eigenvalue weighted by molar-refractivity contribution is -0.125. The van der Waals surface area contributed by atoms with Gasteiger partial charge in [0.15, 0.2) is 0 Å². The minimum atomic E-state index is 0.159. The number of halogens is 1. The molecule has 0 saturated heterocycles. The quantitative estimate of drug-likeness (QED) is 0.775. The Labute approximate surface area is 95.0 Å². The van der Waals surface area contributed by atoms with Gasteiger partial charge in [0.05, 0.1) is 0 Å². The molecule has 3 unspecified atom stereocenters. The highest BCUT2D eigenvalue weighted by Crippen LogP contribution is 2.27. The molecule has 0 heterocycles. The highest BCUT2D eigenvalue weighted by molar-refractivity contribution is 9.09. The summed E-state index contributed by atoms with van der Waals surface area (Å²) >= 11 is 3.51. The maximum absolute atomic E-state index is 11.7. The topological polar surface area (TPSA) is 29.1 Å². The number of rotatable bonds is 4. The lowest BCUT2D eigenvalue weighted by Crippen LogP contribution is -2.40. The Morgan fingerprint density at radius 2 is 2.29 bits per heavy atom. The number of nitrogens with one attached hydrogen (secondary N) is 1. The molecular formula is C11H20BrNO. The standard InChI is InChI=1S/C11H20BrNO/c1-3-8(2)11(14)13-10-6-4-5-9(10)7-12/h8-10H,3-7H2,1-2H3,(H,13,14). The van der Waals surface area contributed by atoms with Crippen LogP contribution in [0.15, 0.2) is 0 Å². The van der Waals surface area contributed by atoms with Crippen LogP contribution >= 0.6 is 15.9 Å². The molecule has 0 bridgehead atoms. The molecule has 1 aliphatic carbocycles. The molecule has 0 spiro atoms. The number of carbonyl (C=O) groups is 1. The molecular weight excluding hydrogens is 242 g/mol. The second-order valence-corrected chi connectivity index (χ2v) is 4.92. The smallest absolute Gasteiger partial charge is 0.223 e. The van der Waals surface area contributed by atoms with E-state index < -0.39 is 0 Å². The fraction of sp³-hybridized carbons (Fsp3) is 0.909. The van der Waals surface area contributed by atoms with Gasteiger partial charge in [-0.1, -0.05) is 36.2 Å².